The van der Waals surface area contributed by atoms with Crippen LogP contribution in [-0.4, -0.2) is 121 Å². The third kappa shape index (κ3) is 14.0. The number of hydrogen-bond donors (Lipinski definition) is 0. The fourth-order valence-corrected chi connectivity index (χ4v) is 9.74. The summed E-state index contributed by atoms with van der Waals surface area (Å²) < 4.78 is 36.7. The van der Waals surface area contributed by atoms with Crippen LogP contribution in [0.4, 0.5) is 9.59 Å². The van der Waals surface area contributed by atoms with E-state index in [0.29, 0.717) is 26.2 Å². The molecule has 2 aromatic heterocycles. The van der Waals surface area contributed by atoms with E-state index >= 15 is 0 Å². The van der Waals surface area contributed by atoms with Gasteiger partial charge in [-0.25, -0.2) is 23.7 Å². The second-order valence-corrected chi connectivity index (χ2v) is 23.2. The lowest BCUT2D eigenvalue weighted by molar-refractivity contribution is -0.141. The molecule has 9 rings (SSSR count). The summed E-state index contributed by atoms with van der Waals surface area (Å²) in [4.78, 5) is 52.1. The van der Waals surface area contributed by atoms with Crippen LogP contribution in [0.3, 0.4) is 0 Å². The Kier molecular flexibility index (Phi) is 18.2. The minimum atomic E-state index is -0.541. The minimum absolute atomic E-state index is 0.208. The molecule has 19 heteroatoms. The monoisotopic (exact) mass is 1080 g/mol. The average Bonchev–Trinajstić information content (AvgIpc) is 4.31. The summed E-state index contributed by atoms with van der Waals surface area (Å²) in [6.07, 6.45) is 4.37. The molecule has 3 aliphatic heterocycles. The molecule has 2 amide bonds. The van der Waals surface area contributed by atoms with Crippen LogP contribution in [0, 0.1) is 13.8 Å². The van der Waals surface area contributed by atoms with Crippen molar-refractivity contribution in [2.24, 2.45) is 0 Å². The van der Waals surface area contributed by atoms with E-state index in [-0.39, 0.29) is 54.8 Å². The quantitative estimate of drug-likeness (QED) is 0.0575. The maximum atomic E-state index is 12.7. The molecule has 0 aliphatic carbocycles. The van der Waals surface area contributed by atoms with E-state index in [9.17, 15) is 19.2 Å². The standard InChI is InChI=1S/C27H34N4O4.C20H30BNO4.C13H15N3O2/c1-7-31-23-11-10-21(17(2)25(23)28-29-31)22(15-24(32)34-6)19-9-8-18-12-13-30(16-20(18)14-19)26(33)35-27(3,4)5;1-18(2,3)24-17(23)22-11-10-14-8-9-16(12-15(14)13-22)21-25-19(4,5)20(6,7)26-21;1-4-16-11-7-5-10(6-8-12(17)18-3)9(2)13(11)14-15-16/h8-11,14,22H,7,12-13,15-16H2,1-6H3;8-9,12H,10-11,13H2,1-7H3;5-8H,4H2,1-3H3/b;;8-6+. The summed E-state index contributed by atoms with van der Waals surface area (Å²) in [6.45, 7) is 31.4. The Hall–Kier alpha value is -7.12. The van der Waals surface area contributed by atoms with Gasteiger partial charge in [-0.3, -0.25) is 4.79 Å². The molecule has 6 aromatic rings. The van der Waals surface area contributed by atoms with Gasteiger partial charge >= 0.3 is 31.2 Å². The second kappa shape index (κ2) is 24.1. The van der Waals surface area contributed by atoms with E-state index in [1.54, 1.807) is 15.9 Å². The number of nitrogens with zero attached hydrogens (tertiary/aromatic N) is 8. The van der Waals surface area contributed by atoms with Crippen molar-refractivity contribution in [3.63, 3.8) is 0 Å². The number of hydrogen-bond acceptors (Lipinski definition) is 14. The first-order chi connectivity index (χ1) is 37.2. The van der Waals surface area contributed by atoms with Gasteiger partial charge in [-0.2, -0.15) is 0 Å². The van der Waals surface area contributed by atoms with Gasteiger partial charge in [0.25, 0.3) is 0 Å². The van der Waals surface area contributed by atoms with Crippen molar-refractivity contribution in [1.82, 2.24) is 39.8 Å². The van der Waals surface area contributed by atoms with Crippen molar-refractivity contribution in [2.75, 3.05) is 27.3 Å². The van der Waals surface area contributed by atoms with Crippen LogP contribution in [0.2, 0.25) is 0 Å². The van der Waals surface area contributed by atoms with E-state index in [0.717, 1.165) is 92.4 Å². The van der Waals surface area contributed by atoms with Crippen molar-refractivity contribution < 1.29 is 47.4 Å². The van der Waals surface area contributed by atoms with Crippen LogP contribution in [0.5, 0.6) is 0 Å². The fraction of sp³-hybridized carbons (Fsp3) is 0.500. The van der Waals surface area contributed by atoms with Crippen LogP contribution < -0.4 is 5.46 Å². The van der Waals surface area contributed by atoms with Gasteiger partial charge in [0.15, 0.2) is 0 Å². The average molecular weight is 1080 g/mol. The number of carbonyl (C=O) groups excluding carboxylic acids is 4. The maximum Gasteiger partial charge on any atom is 0.494 e. The highest BCUT2D eigenvalue weighted by molar-refractivity contribution is 6.62. The van der Waals surface area contributed by atoms with Crippen LogP contribution in [0.25, 0.3) is 28.1 Å². The number of ether oxygens (including phenoxy) is 4. The molecule has 0 saturated carbocycles. The molecule has 1 atom stereocenters. The molecule has 5 heterocycles. The molecule has 0 spiro atoms. The molecule has 3 aliphatic rings. The van der Waals surface area contributed by atoms with Crippen LogP contribution in [-0.2, 0) is 76.9 Å². The Balaban J connectivity index is 0.000000181. The maximum absolute atomic E-state index is 12.7. The Morgan fingerprint density at radius 3 is 1.68 bits per heavy atom. The van der Waals surface area contributed by atoms with Gasteiger partial charge in [-0.15, -0.1) is 10.2 Å². The normalized spacial score (nSPS) is 16.1. The Labute approximate surface area is 465 Å². The molecule has 1 unspecified atom stereocenters. The Morgan fingerprint density at radius 1 is 0.671 bits per heavy atom. The lowest BCUT2D eigenvalue weighted by Gasteiger charge is -2.32. The number of carbonyl (C=O) groups is 4. The van der Waals surface area contributed by atoms with Crippen molar-refractivity contribution in [2.45, 2.75) is 171 Å². The van der Waals surface area contributed by atoms with Crippen LogP contribution in [0.1, 0.15) is 145 Å². The van der Waals surface area contributed by atoms with E-state index < -0.39 is 11.2 Å². The summed E-state index contributed by atoms with van der Waals surface area (Å²) in [5.74, 6) is -0.854. The fourth-order valence-electron chi connectivity index (χ4n) is 9.74. The number of aryl methyl sites for hydroxylation is 4. The topological polar surface area (TPSA) is 192 Å². The molecular weight excluding hydrogens is 1000 g/mol. The van der Waals surface area contributed by atoms with Crippen LogP contribution in [0.15, 0.2) is 66.7 Å². The molecule has 0 radical (unpaired) electrons. The second-order valence-electron chi connectivity index (χ2n) is 23.2. The highest BCUT2D eigenvalue weighted by atomic mass is 16.7. The SMILES string of the molecule is CC(C)(C)OC(=O)N1CCc2ccc(B3OC(C)(C)C(C)(C)O3)cc2C1.CCn1nnc2c(C)c(/C=C/C(=O)OC)ccc21.CCn1nnc2c(C)c(C(CC(=O)OC)c3ccc4c(c3)CN(C(=O)OC(C)(C)C)CC4)ccc21. The summed E-state index contributed by atoms with van der Waals surface area (Å²) in [6, 6.07) is 20.6. The minimum Gasteiger partial charge on any atom is -0.469 e. The van der Waals surface area contributed by atoms with Crippen molar-refractivity contribution in [1.29, 1.82) is 0 Å². The first-order valence-electron chi connectivity index (χ1n) is 27.2. The Bertz CT molecular complexity index is 3220. The van der Waals surface area contributed by atoms with Gasteiger partial charge < -0.3 is 38.1 Å². The number of amides is 2. The largest absolute Gasteiger partial charge is 0.494 e. The van der Waals surface area contributed by atoms with Gasteiger partial charge in [0.1, 0.15) is 22.2 Å². The summed E-state index contributed by atoms with van der Waals surface area (Å²) >= 11 is 0. The highest BCUT2D eigenvalue weighted by Gasteiger charge is 2.52. The van der Waals surface area contributed by atoms with Crippen molar-refractivity contribution in [3.05, 3.63) is 117 Å². The third-order valence-electron chi connectivity index (χ3n) is 14.9. The zero-order valence-corrected chi connectivity index (χ0v) is 49.1. The number of benzene rings is 4. The number of methoxy groups -OCH3 is 2. The van der Waals surface area contributed by atoms with E-state index in [4.69, 9.17) is 23.5 Å². The summed E-state index contributed by atoms with van der Waals surface area (Å²) in [7, 11) is 2.38. The number of fused-ring (bicyclic) bond motifs is 4. The van der Waals surface area contributed by atoms with Gasteiger partial charge in [0, 0.05) is 51.3 Å². The van der Waals surface area contributed by atoms with E-state index in [2.05, 4.69) is 95.5 Å². The third-order valence-corrected chi connectivity index (χ3v) is 14.9. The van der Waals surface area contributed by atoms with Gasteiger partial charge in [0.05, 0.1) is 42.9 Å². The molecular formula is C60H79BN8O10. The van der Waals surface area contributed by atoms with Gasteiger partial charge in [-0.1, -0.05) is 59.0 Å². The molecule has 4 aromatic carbocycles. The lowest BCUT2D eigenvalue weighted by atomic mass is 9.77. The predicted octanol–water partition coefficient (Wildman–Crippen LogP) is 9.97. The highest BCUT2D eigenvalue weighted by Crippen LogP contribution is 2.38. The molecule has 1 fully saturated rings. The van der Waals surface area contributed by atoms with Gasteiger partial charge in [-0.05, 0) is 184 Å². The van der Waals surface area contributed by atoms with E-state index in [1.807, 2.05) is 96.8 Å². The van der Waals surface area contributed by atoms with E-state index in [1.165, 1.54) is 31.4 Å². The molecule has 0 bridgehead atoms. The summed E-state index contributed by atoms with van der Waals surface area (Å²) in [5, 5.41) is 16.9. The number of esters is 2. The predicted molar refractivity (Wildman–Crippen MR) is 305 cm³/mol. The van der Waals surface area contributed by atoms with Gasteiger partial charge in [0.2, 0.25) is 0 Å². The first kappa shape index (κ1) is 59.5. The Morgan fingerprint density at radius 2 is 1.18 bits per heavy atom. The van der Waals surface area contributed by atoms with Crippen molar-refractivity contribution >= 4 is 64.8 Å². The molecule has 1 saturated heterocycles. The zero-order chi connectivity index (χ0) is 57.8. The molecule has 0 N–H and O–H groups in total. The molecule has 18 nitrogen and oxygen atoms in total. The first-order valence-corrected chi connectivity index (χ1v) is 27.2. The van der Waals surface area contributed by atoms with Crippen molar-refractivity contribution in [3.8, 4) is 0 Å². The molecule has 79 heavy (non-hydrogen) atoms. The van der Waals surface area contributed by atoms with Crippen LogP contribution >= 0.6 is 0 Å². The zero-order valence-electron chi connectivity index (χ0n) is 49.1. The summed E-state index contributed by atoms with van der Waals surface area (Å²) in [5.41, 5.74) is 12.6. The number of aromatic nitrogens is 6. The smallest absolute Gasteiger partial charge is 0.469 e. The number of rotatable bonds is 9. The lowest BCUT2D eigenvalue weighted by Crippen LogP contribution is -2.41. The molecule has 422 valence electrons.